The van der Waals surface area contributed by atoms with Crippen molar-refractivity contribution < 1.29 is 0 Å². The molecule has 0 aliphatic heterocycles. The monoisotopic (exact) mass is 415 g/mol. The number of nitrogens with zero attached hydrogens (tertiary/aromatic N) is 5. The van der Waals surface area contributed by atoms with Crippen molar-refractivity contribution in [3.05, 3.63) is 84.6 Å². The van der Waals surface area contributed by atoms with Crippen LogP contribution in [0.25, 0.3) is 10.9 Å². The lowest BCUT2D eigenvalue weighted by Gasteiger charge is -2.12. The SMILES string of the molecule is CCNC(=NCc1cccc(Cn2cncn2)c1)NCCCn1ccc2ccccc21. The fourth-order valence-corrected chi connectivity index (χ4v) is 3.63. The third-order valence-electron chi connectivity index (χ3n) is 5.11. The number of para-hydroxylation sites is 1. The van der Waals surface area contributed by atoms with Crippen LogP contribution in [0.4, 0.5) is 0 Å². The van der Waals surface area contributed by atoms with E-state index in [1.807, 2.05) is 4.68 Å². The van der Waals surface area contributed by atoms with Crippen LogP contribution in [-0.4, -0.2) is 38.4 Å². The standard InChI is InChI=1S/C24H29N7/c1-2-26-24(27-12-6-13-30-14-11-22-9-3-4-10-23(22)30)28-16-20-7-5-8-21(15-20)17-31-19-25-18-29-31/h3-5,7-11,14-15,18-19H,2,6,12-13,16-17H2,1H3,(H2,26,27,28). The lowest BCUT2D eigenvalue weighted by molar-refractivity contribution is 0.641. The van der Waals surface area contributed by atoms with Gasteiger partial charge in [0.2, 0.25) is 0 Å². The van der Waals surface area contributed by atoms with Gasteiger partial charge in [-0.1, -0.05) is 42.5 Å². The molecule has 0 fully saturated rings. The summed E-state index contributed by atoms with van der Waals surface area (Å²) in [7, 11) is 0. The Morgan fingerprint density at radius 1 is 1.03 bits per heavy atom. The van der Waals surface area contributed by atoms with Crippen molar-refractivity contribution in [3.63, 3.8) is 0 Å². The third kappa shape index (κ3) is 5.72. The molecule has 2 N–H and O–H groups in total. The molecule has 0 saturated heterocycles. The summed E-state index contributed by atoms with van der Waals surface area (Å²) in [5.41, 5.74) is 3.65. The highest BCUT2D eigenvalue weighted by molar-refractivity contribution is 5.80. The fourth-order valence-electron chi connectivity index (χ4n) is 3.63. The Morgan fingerprint density at radius 3 is 2.81 bits per heavy atom. The molecule has 0 saturated carbocycles. The van der Waals surface area contributed by atoms with Gasteiger partial charge in [0.25, 0.3) is 0 Å². The number of fused-ring (bicyclic) bond motifs is 1. The number of benzene rings is 2. The average molecular weight is 416 g/mol. The molecule has 0 aliphatic carbocycles. The van der Waals surface area contributed by atoms with E-state index < -0.39 is 0 Å². The van der Waals surface area contributed by atoms with E-state index in [0.717, 1.165) is 32.0 Å². The molecule has 31 heavy (non-hydrogen) atoms. The van der Waals surface area contributed by atoms with Crippen molar-refractivity contribution in [2.75, 3.05) is 13.1 Å². The number of rotatable bonds is 9. The first-order chi connectivity index (χ1) is 15.3. The van der Waals surface area contributed by atoms with Crippen molar-refractivity contribution in [1.82, 2.24) is 30.0 Å². The maximum absolute atomic E-state index is 4.76. The number of nitrogens with one attached hydrogen (secondary N) is 2. The number of aryl methyl sites for hydroxylation is 1. The van der Waals surface area contributed by atoms with E-state index in [-0.39, 0.29) is 0 Å². The van der Waals surface area contributed by atoms with E-state index in [9.17, 15) is 0 Å². The van der Waals surface area contributed by atoms with Gasteiger partial charge in [-0.25, -0.2) is 14.7 Å². The molecule has 7 nitrogen and oxygen atoms in total. The Bertz CT molecular complexity index is 1110. The Hall–Kier alpha value is -3.61. The first-order valence-corrected chi connectivity index (χ1v) is 10.8. The normalized spacial score (nSPS) is 11.7. The highest BCUT2D eigenvalue weighted by Gasteiger charge is 2.02. The van der Waals surface area contributed by atoms with E-state index in [1.54, 1.807) is 12.7 Å². The van der Waals surface area contributed by atoms with Crippen LogP contribution in [0.5, 0.6) is 0 Å². The van der Waals surface area contributed by atoms with Gasteiger partial charge in [-0.15, -0.1) is 0 Å². The van der Waals surface area contributed by atoms with Crippen LogP contribution in [0.15, 0.2) is 78.4 Å². The highest BCUT2D eigenvalue weighted by Crippen LogP contribution is 2.15. The molecule has 0 spiro atoms. The zero-order valence-electron chi connectivity index (χ0n) is 17.9. The highest BCUT2D eigenvalue weighted by atomic mass is 15.3. The summed E-state index contributed by atoms with van der Waals surface area (Å²) in [5, 5.41) is 12.3. The minimum absolute atomic E-state index is 0.628. The Morgan fingerprint density at radius 2 is 1.94 bits per heavy atom. The number of guanidine groups is 1. The lowest BCUT2D eigenvalue weighted by atomic mass is 10.1. The Kier molecular flexibility index (Phi) is 6.95. The van der Waals surface area contributed by atoms with Gasteiger partial charge in [0, 0.05) is 31.3 Å². The van der Waals surface area contributed by atoms with E-state index in [1.165, 1.54) is 22.0 Å². The summed E-state index contributed by atoms with van der Waals surface area (Å²) < 4.78 is 4.13. The van der Waals surface area contributed by atoms with Crippen molar-refractivity contribution in [3.8, 4) is 0 Å². The molecule has 0 unspecified atom stereocenters. The Labute approximate surface area is 182 Å². The predicted molar refractivity (Wildman–Crippen MR) is 125 cm³/mol. The molecule has 0 bridgehead atoms. The minimum atomic E-state index is 0.628. The van der Waals surface area contributed by atoms with Crippen LogP contribution >= 0.6 is 0 Å². The third-order valence-corrected chi connectivity index (χ3v) is 5.11. The maximum atomic E-state index is 4.76. The summed E-state index contributed by atoms with van der Waals surface area (Å²) in [5.74, 6) is 0.849. The summed E-state index contributed by atoms with van der Waals surface area (Å²) in [6.45, 7) is 6.10. The fraction of sp³-hybridized carbons (Fsp3) is 0.292. The van der Waals surface area contributed by atoms with E-state index in [2.05, 4.69) is 93.0 Å². The van der Waals surface area contributed by atoms with Crippen molar-refractivity contribution in [1.29, 1.82) is 0 Å². The molecule has 2 aromatic heterocycles. The molecule has 4 aromatic rings. The Balaban J connectivity index is 1.30. The number of hydrogen-bond acceptors (Lipinski definition) is 3. The maximum Gasteiger partial charge on any atom is 0.191 e. The summed E-state index contributed by atoms with van der Waals surface area (Å²) in [4.78, 5) is 8.76. The zero-order chi connectivity index (χ0) is 21.3. The predicted octanol–water partition coefficient (Wildman–Crippen LogP) is 3.43. The first-order valence-electron chi connectivity index (χ1n) is 10.8. The van der Waals surface area contributed by atoms with Crippen molar-refractivity contribution >= 4 is 16.9 Å². The van der Waals surface area contributed by atoms with Gasteiger partial charge in [-0.2, -0.15) is 5.10 Å². The van der Waals surface area contributed by atoms with Crippen molar-refractivity contribution in [2.45, 2.75) is 33.0 Å². The second-order valence-corrected chi connectivity index (χ2v) is 7.46. The van der Waals surface area contributed by atoms with E-state index in [4.69, 9.17) is 4.99 Å². The van der Waals surface area contributed by atoms with Gasteiger partial charge in [-0.3, -0.25) is 0 Å². The summed E-state index contributed by atoms with van der Waals surface area (Å²) in [6, 6.07) is 19.1. The molecular formula is C24H29N7. The van der Waals surface area contributed by atoms with Crippen molar-refractivity contribution in [2.24, 2.45) is 4.99 Å². The van der Waals surface area contributed by atoms with E-state index in [0.29, 0.717) is 13.1 Å². The van der Waals surface area contributed by atoms with E-state index >= 15 is 0 Å². The molecule has 2 aromatic carbocycles. The molecule has 0 atom stereocenters. The van der Waals surface area contributed by atoms with Crippen LogP contribution in [0, 0.1) is 0 Å². The second kappa shape index (κ2) is 10.4. The lowest BCUT2D eigenvalue weighted by Crippen LogP contribution is -2.38. The quantitative estimate of drug-likeness (QED) is 0.250. The molecule has 0 radical (unpaired) electrons. The largest absolute Gasteiger partial charge is 0.357 e. The van der Waals surface area contributed by atoms with Crippen LogP contribution in [-0.2, 0) is 19.6 Å². The molecule has 7 heteroatoms. The topological polar surface area (TPSA) is 72.1 Å². The number of aromatic nitrogens is 4. The number of aliphatic imine (C=N–C) groups is 1. The van der Waals surface area contributed by atoms with Crippen LogP contribution < -0.4 is 10.6 Å². The van der Waals surface area contributed by atoms with Gasteiger partial charge in [-0.05, 0) is 42.0 Å². The molecule has 160 valence electrons. The minimum Gasteiger partial charge on any atom is -0.357 e. The summed E-state index contributed by atoms with van der Waals surface area (Å²) >= 11 is 0. The average Bonchev–Trinajstić information content (AvgIpc) is 3.45. The van der Waals surface area contributed by atoms with Gasteiger partial charge in [0.05, 0.1) is 13.1 Å². The smallest absolute Gasteiger partial charge is 0.191 e. The number of hydrogen-bond donors (Lipinski definition) is 2. The molecule has 0 amide bonds. The molecule has 4 rings (SSSR count). The van der Waals surface area contributed by atoms with Crippen LogP contribution in [0.2, 0.25) is 0 Å². The van der Waals surface area contributed by atoms with Gasteiger partial charge in [0.1, 0.15) is 12.7 Å². The summed E-state index contributed by atoms with van der Waals surface area (Å²) in [6.07, 6.45) is 6.47. The molecular weight excluding hydrogens is 386 g/mol. The van der Waals surface area contributed by atoms with Gasteiger partial charge in [0.15, 0.2) is 5.96 Å². The zero-order valence-corrected chi connectivity index (χ0v) is 17.9. The van der Waals surface area contributed by atoms with Gasteiger partial charge >= 0.3 is 0 Å². The molecule has 0 aliphatic rings. The first kappa shape index (κ1) is 20.7. The van der Waals surface area contributed by atoms with Gasteiger partial charge < -0.3 is 15.2 Å². The molecule has 2 heterocycles. The van der Waals surface area contributed by atoms with Crippen LogP contribution in [0.1, 0.15) is 24.5 Å². The van der Waals surface area contributed by atoms with Crippen LogP contribution in [0.3, 0.4) is 0 Å². The second-order valence-electron chi connectivity index (χ2n) is 7.46.